The molecule has 1 fully saturated rings. The standard InChI is InChI=1S/C28H33N5O5S/c1-4-37-19-12-10-18(11-13-19)24(27(35)31-15-20-8-6-14-38-20)33(21-9-5-7-16(2)17(21)3)28(36)25-22(29)23(26(30)34)32-39-25/h5,7,9-13,20,24H,4,6,8,14-15,29H2,1-3H3,(H2,30,34)(H,31,35). The molecule has 0 spiro atoms. The van der Waals surface area contributed by atoms with Gasteiger partial charge in [-0.1, -0.05) is 24.3 Å². The van der Waals surface area contributed by atoms with Gasteiger partial charge in [0.1, 0.15) is 16.7 Å². The largest absolute Gasteiger partial charge is 0.494 e. The van der Waals surface area contributed by atoms with Crippen molar-refractivity contribution in [3.05, 3.63) is 69.7 Å². The van der Waals surface area contributed by atoms with Crippen LogP contribution in [-0.2, 0) is 9.53 Å². The lowest BCUT2D eigenvalue weighted by molar-refractivity contribution is -0.123. The van der Waals surface area contributed by atoms with Gasteiger partial charge in [0.15, 0.2) is 5.69 Å². The molecule has 2 atom stereocenters. The maximum atomic E-state index is 14.2. The number of anilines is 2. The first kappa shape index (κ1) is 28.1. The lowest BCUT2D eigenvalue weighted by atomic mass is 9.99. The molecular weight excluding hydrogens is 518 g/mol. The number of hydrogen-bond donors (Lipinski definition) is 3. The summed E-state index contributed by atoms with van der Waals surface area (Å²) in [6.45, 7) is 7.16. The molecule has 0 bridgehead atoms. The number of primary amides is 1. The van der Waals surface area contributed by atoms with Gasteiger partial charge in [-0.05, 0) is 80.0 Å². The zero-order chi connectivity index (χ0) is 28.1. The Morgan fingerprint density at radius 1 is 1.21 bits per heavy atom. The zero-order valence-corrected chi connectivity index (χ0v) is 23.0. The maximum Gasteiger partial charge on any atom is 0.273 e. The van der Waals surface area contributed by atoms with E-state index in [9.17, 15) is 14.4 Å². The minimum atomic E-state index is -1.08. The van der Waals surface area contributed by atoms with E-state index in [1.54, 1.807) is 30.3 Å². The van der Waals surface area contributed by atoms with Crippen LogP contribution >= 0.6 is 11.5 Å². The molecule has 11 heteroatoms. The van der Waals surface area contributed by atoms with Crippen molar-refractivity contribution in [2.45, 2.75) is 45.8 Å². The fourth-order valence-corrected chi connectivity index (χ4v) is 5.29. The monoisotopic (exact) mass is 551 g/mol. The van der Waals surface area contributed by atoms with E-state index >= 15 is 0 Å². The molecule has 206 valence electrons. The van der Waals surface area contributed by atoms with Crippen LogP contribution in [0, 0.1) is 13.8 Å². The predicted octanol–water partition coefficient (Wildman–Crippen LogP) is 3.52. The zero-order valence-electron chi connectivity index (χ0n) is 22.2. The summed E-state index contributed by atoms with van der Waals surface area (Å²) in [7, 11) is 0. The molecule has 39 heavy (non-hydrogen) atoms. The maximum absolute atomic E-state index is 14.2. The number of rotatable bonds is 10. The van der Waals surface area contributed by atoms with Gasteiger partial charge in [0.2, 0.25) is 5.91 Å². The van der Waals surface area contributed by atoms with Crippen molar-refractivity contribution in [3.8, 4) is 5.75 Å². The number of aryl methyl sites for hydroxylation is 1. The number of hydrogen-bond acceptors (Lipinski definition) is 8. The number of nitrogen functional groups attached to an aromatic ring is 1. The number of nitrogens with two attached hydrogens (primary N) is 2. The molecule has 1 saturated heterocycles. The number of benzene rings is 2. The van der Waals surface area contributed by atoms with Crippen molar-refractivity contribution in [1.82, 2.24) is 9.69 Å². The molecule has 3 aromatic rings. The first-order chi connectivity index (χ1) is 18.7. The molecule has 2 heterocycles. The molecule has 3 amide bonds. The van der Waals surface area contributed by atoms with Gasteiger partial charge >= 0.3 is 0 Å². The number of carbonyl (C=O) groups is 3. The Hall–Kier alpha value is -3.96. The first-order valence-corrected chi connectivity index (χ1v) is 13.6. The normalized spacial score (nSPS) is 15.5. The van der Waals surface area contributed by atoms with Crippen molar-refractivity contribution < 1.29 is 23.9 Å². The van der Waals surface area contributed by atoms with Crippen LogP contribution in [0.15, 0.2) is 42.5 Å². The van der Waals surface area contributed by atoms with Crippen LogP contribution in [0.3, 0.4) is 0 Å². The Kier molecular flexibility index (Phi) is 8.82. The summed E-state index contributed by atoms with van der Waals surface area (Å²) in [5.74, 6) is -1.15. The van der Waals surface area contributed by atoms with Crippen LogP contribution in [0.2, 0.25) is 0 Å². The molecular formula is C28H33N5O5S. The molecule has 0 radical (unpaired) electrons. The Morgan fingerprint density at radius 2 is 1.95 bits per heavy atom. The molecule has 1 aliphatic rings. The summed E-state index contributed by atoms with van der Waals surface area (Å²) in [6, 6.07) is 11.5. The highest BCUT2D eigenvalue weighted by molar-refractivity contribution is 7.09. The lowest BCUT2D eigenvalue weighted by Gasteiger charge is -2.33. The molecule has 0 saturated carbocycles. The van der Waals surface area contributed by atoms with Crippen LogP contribution in [0.4, 0.5) is 11.4 Å². The second kappa shape index (κ2) is 12.3. The van der Waals surface area contributed by atoms with Gasteiger partial charge in [0.05, 0.1) is 18.4 Å². The Balaban J connectivity index is 1.84. The Labute approximate surface area is 231 Å². The minimum absolute atomic E-state index is 0.0209. The smallest absolute Gasteiger partial charge is 0.273 e. The third-order valence-electron chi connectivity index (χ3n) is 6.75. The molecule has 4 rings (SSSR count). The van der Waals surface area contributed by atoms with Crippen LogP contribution < -0.4 is 26.4 Å². The summed E-state index contributed by atoms with van der Waals surface area (Å²) in [5, 5.41) is 2.98. The predicted molar refractivity (Wildman–Crippen MR) is 150 cm³/mol. The van der Waals surface area contributed by atoms with Crippen LogP contribution in [0.1, 0.15) is 62.7 Å². The van der Waals surface area contributed by atoms with Gasteiger partial charge in [0.25, 0.3) is 11.8 Å². The number of nitrogens with one attached hydrogen (secondary N) is 1. The first-order valence-electron chi connectivity index (χ1n) is 12.8. The second-order valence-electron chi connectivity index (χ2n) is 9.32. The van der Waals surface area contributed by atoms with Gasteiger partial charge in [-0.15, -0.1) is 0 Å². The lowest BCUT2D eigenvalue weighted by Crippen LogP contribution is -2.46. The third-order valence-corrected chi connectivity index (χ3v) is 7.60. The van der Waals surface area contributed by atoms with Crippen LogP contribution in [0.25, 0.3) is 0 Å². The fourth-order valence-electron chi connectivity index (χ4n) is 4.55. The number of carbonyl (C=O) groups excluding carboxylic acids is 3. The molecule has 1 aliphatic heterocycles. The Morgan fingerprint density at radius 3 is 2.56 bits per heavy atom. The molecule has 2 unspecified atom stereocenters. The summed E-state index contributed by atoms with van der Waals surface area (Å²) in [5.41, 5.74) is 14.1. The van der Waals surface area contributed by atoms with E-state index in [0.29, 0.717) is 36.8 Å². The number of nitrogens with zero attached hydrogens (tertiary/aromatic N) is 2. The van der Waals surface area contributed by atoms with Gasteiger partial charge in [-0.25, -0.2) is 0 Å². The van der Waals surface area contributed by atoms with Crippen molar-refractivity contribution in [1.29, 1.82) is 0 Å². The van der Waals surface area contributed by atoms with E-state index in [1.165, 1.54) is 4.90 Å². The highest BCUT2D eigenvalue weighted by Gasteiger charge is 2.37. The van der Waals surface area contributed by atoms with Crippen molar-refractivity contribution in [3.63, 3.8) is 0 Å². The fraction of sp³-hybridized carbons (Fsp3) is 0.357. The quantitative estimate of drug-likeness (QED) is 0.349. The molecule has 2 aromatic carbocycles. The van der Waals surface area contributed by atoms with Gasteiger partial charge in [-0.2, -0.15) is 4.37 Å². The van der Waals surface area contributed by atoms with E-state index in [-0.39, 0.29) is 28.3 Å². The number of amides is 3. The van der Waals surface area contributed by atoms with E-state index in [0.717, 1.165) is 35.5 Å². The third kappa shape index (κ3) is 6.04. The topological polar surface area (TPSA) is 150 Å². The van der Waals surface area contributed by atoms with E-state index in [4.69, 9.17) is 20.9 Å². The average molecular weight is 552 g/mol. The SMILES string of the molecule is CCOc1ccc(C(C(=O)NCC2CCCO2)N(C(=O)c2snc(C(N)=O)c2N)c2cccc(C)c2C)cc1. The highest BCUT2D eigenvalue weighted by atomic mass is 32.1. The summed E-state index contributed by atoms with van der Waals surface area (Å²) < 4.78 is 15.3. The van der Waals surface area contributed by atoms with Gasteiger partial charge < -0.3 is 26.3 Å². The number of aromatic nitrogens is 1. The van der Waals surface area contributed by atoms with Crippen LogP contribution in [-0.4, -0.2) is 48.0 Å². The van der Waals surface area contributed by atoms with Crippen molar-refractivity contribution in [2.75, 3.05) is 30.4 Å². The molecule has 1 aromatic heterocycles. The van der Waals surface area contributed by atoms with Crippen molar-refractivity contribution >= 4 is 40.6 Å². The van der Waals surface area contributed by atoms with Crippen LogP contribution in [0.5, 0.6) is 5.75 Å². The van der Waals surface area contributed by atoms with Gasteiger partial charge in [-0.3, -0.25) is 19.3 Å². The minimum Gasteiger partial charge on any atom is -0.494 e. The highest BCUT2D eigenvalue weighted by Crippen LogP contribution is 2.36. The summed E-state index contributed by atoms with van der Waals surface area (Å²) >= 11 is 0.774. The van der Waals surface area contributed by atoms with E-state index in [2.05, 4.69) is 9.69 Å². The molecule has 0 aliphatic carbocycles. The van der Waals surface area contributed by atoms with Gasteiger partial charge in [0, 0.05) is 18.8 Å². The van der Waals surface area contributed by atoms with Crippen molar-refractivity contribution in [2.24, 2.45) is 5.73 Å². The Bertz CT molecular complexity index is 1350. The summed E-state index contributed by atoms with van der Waals surface area (Å²) in [4.78, 5) is 41.5. The van der Waals surface area contributed by atoms with E-state index < -0.39 is 17.9 Å². The molecule has 5 N–H and O–H groups in total. The average Bonchev–Trinajstić information content (AvgIpc) is 3.58. The molecule has 10 nitrogen and oxygen atoms in total. The second-order valence-corrected chi connectivity index (χ2v) is 10.1. The summed E-state index contributed by atoms with van der Waals surface area (Å²) in [6.07, 6.45) is 1.69. The number of ether oxygens (including phenoxy) is 2. The van der Waals surface area contributed by atoms with E-state index in [1.807, 2.05) is 32.9 Å².